The lowest BCUT2D eigenvalue weighted by atomic mass is 10.3. The molecule has 4 N–H and O–H groups in total. The van der Waals surface area contributed by atoms with E-state index in [1.54, 1.807) is 24.3 Å². The van der Waals surface area contributed by atoms with Gasteiger partial charge in [-0.1, -0.05) is 0 Å². The van der Waals surface area contributed by atoms with Gasteiger partial charge in [0.05, 0.1) is 17.7 Å². The number of benzene rings is 2. The van der Waals surface area contributed by atoms with Crippen molar-refractivity contribution in [2.45, 2.75) is 4.90 Å². The maximum atomic E-state index is 13.7. The number of anilines is 2. The molecule has 2 aromatic carbocycles. The molecule has 0 radical (unpaired) electrons. The number of nitrogens with one attached hydrogen (secondary N) is 2. The SMILES string of the molecule is COc1ccc(NCCNc2ccc(S(N)(=O)=O)cc2)c(F)c1. The first-order chi connectivity index (χ1) is 10.9. The monoisotopic (exact) mass is 339 g/mol. The third-order valence-corrected chi connectivity index (χ3v) is 4.06. The minimum Gasteiger partial charge on any atom is -0.497 e. The zero-order valence-corrected chi connectivity index (χ0v) is 13.4. The zero-order chi connectivity index (χ0) is 16.9. The molecule has 0 aromatic heterocycles. The summed E-state index contributed by atoms with van der Waals surface area (Å²) in [5.41, 5.74) is 1.13. The van der Waals surface area contributed by atoms with Crippen molar-refractivity contribution in [3.8, 4) is 5.75 Å². The van der Waals surface area contributed by atoms with Crippen LogP contribution in [0.4, 0.5) is 15.8 Å². The molecular weight excluding hydrogens is 321 g/mol. The Morgan fingerprint density at radius 3 is 2.30 bits per heavy atom. The average molecular weight is 339 g/mol. The third-order valence-electron chi connectivity index (χ3n) is 3.13. The standard InChI is InChI=1S/C15H18FN3O3S/c1-22-12-4-7-15(14(16)10-12)19-9-8-18-11-2-5-13(6-3-11)23(17,20)21/h2-7,10,18-19H,8-9H2,1H3,(H2,17,20,21). The van der Waals surface area contributed by atoms with Crippen LogP contribution in [0.1, 0.15) is 0 Å². The van der Waals surface area contributed by atoms with Crippen molar-refractivity contribution in [3.63, 3.8) is 0 Å². The predicted octanol–water partition coefficient (Wildman–Crippen LogP) is 2.01. The summed E-state index contributed by atoms with van der Waals surface area (Å²) in [5.74, 6) is 0.0722. The minimum absolute atomic E-state index is 0.0569. The molecule has 0 amide bonds. The van der Waals surface area contributed by atoms with Crippen LogP contribution in [0.3, 0.4) is 0 Å². The van der Waals surface area contributed by atoms with Gasteiger partial charge in [-0.15, -0.1) is 0 Å². The Balaban J connectivity index is 1.84. The summed E-state index contributed by atoms with van der Waals surface area (Å²) >= 11 is 0. The molecule has 0 unspecified atom stereocenters. The van der Waals surface area contributed by atoms with Crippen molar-refractivity contribution < 1.29 is 17.5 Å². The predicted molar refractivity (Wildman–Crippen MR) is 87.7 cm³/mol. The largest absolute Gasteiger partial charge is 0.497 e. The van der Waals surface area contributed by atoms with E-state index in [0.717, 1.165) is 5.69 Å². The molecule has 8 heteroatoms. The van der Waals surface area contributed by atoms with Crippen LogP contribution < -0.4 is 20.5 Å². The van der Waals surface area contributed by atoms with Crippen LogP contribution >= 0.6 is 0 Å². The summed E-state index contributed by atoms with van der Waals surface area (Å²) in [6, 6.07) is 10.7. The van der Waals surface area contributed by atoms with E-state index >= 15 is 0 Å². The Morgan fingerprint density at radius 1 is 1.09 bits per heavy atom. The van der Waals surface area contributed by atoms with Crippen molar-refractivity contribution in [1.82, 2.24) is 0 Å². The second-order valence-corrected chi connectivity index (χ2v) is 6.33. The number of nitrogens with two attached hydrogens (primary N) is 1. The van der Waals surface area contributed by atoms with Gasteiger partial charge in [-0.3, -0.25) is 0 Å². The highest BCUT2D eigenvalue weighted by molar-refractivity contribution is 7.89. The molecule has 124 valence electrons. The molecule has 6 nitrogen and oxygen atoms in total. The lowest BCUT2D eigenvalue weighted by molar-refractivity contribution is 0.411. The Bertz CT molecular complexity index is 764. The number of rotatable bonds is 7. The first-order valence-corrected chi connectivity index (χ1v) is 8.39. The summed E-state index contributed by atoms with van der Waals surface area (Å²) in [4.78, 5) is 0.0569. The molecule has 2 aromatic rings. The van der Waals surface area contributed by atoms with E-state index in [1.807, 2.05) is 0 Å². The molecule has 23 heavy (non-hydrogen) atoms. The Labute approximate surface area is 134 Å². The summed E-state index contributed by atoms with van der Waals surface area (Å²) in [6.07, 6.45) is 0. The first kappa shape index (κ1) is 17.0. The van der Waals surface area contributed by atoms with Crippen LogP contribution in [0.5, 0.6) is 5.75 Å². The molecule has 0 atom stereocenters. The van der Waals surface area contributed by atoms with Crippen LogP contribution in [0.2, 0.25) is 0 Å². The van der Waals surface area contributed by atoms with Gasteiger partial charge in [-0.2, -0.15) is 0 Å². The van der Waals surface area contributed by atoms with Gasteiger partial charge in [0.2, 0.25) is 10.0 Å². The molecule has 0 bridgehead atoms. The highest BCUT2D eigenvalue weighted by Gasteiger charge is 2.06. The minimum atomic E-state index is -3.68. The van der Waals surface area contributed by atoms with Crippen LogP contribution in [0.25, 0.3) is 0 Å². The lowest BCUT2D eigenvalue weighted by Gasteiger charge is -2.10. The summed E-state index contributed by atoms with van der Waals surface area (Å²) in [7, 11) is -2.20. The zero-order valence-electron chi connectivity index (χ0n) is 12.5. The maximum absolute atomic E-state index is 13.7. The number of methoxy groups -OCH3 is 1. The second-order valence-electron chi connectivity index (χ2n) is 4.77. The molecule has 0 aliphatic rings. The molecule has 0 aliphatic heterocycles. The summed E-state index contributed by atoms with van der Waals surface area (Å²) in [6.45, 7) is 1.01. The fourth-order valence-corrected chi connectivity index (χ4v) is 2.45. The van der Waals surface area contributed by atoms with Gasteiger partial charge in [-0.25, -0.2) is 17.9 Å². The molecule has 0 spiro atoms. The van der Waals surface area contributed by atoms with Crippen molar-refractivity contribution in [1.29, 1.82) is 0 Å². The number of primary sulfonamides is 1. The van der Waals surface area contributed by atoms with Crippen LogP contribution in [0.15, 0.2) is 47.4 Å². The van der Waals surface area contributed by atoms with Crippen LogP contribution in [-0.4, -0.2) is 28.6 Å². The van der Waals surface area contributed by atoms with Crippen molar-refractivity contribution >= 4 is 21.4 Å². The number of sulfonamides is 1. The third kappa shape index (κ3) is 4.83. The summed E-state index contributed by atoms with van der Waals surface area (Å²) < 4.78 is 40.9. The average Bonchev–Trinajstić information content (AvgIpc) is 2.52. The number of halogens is 1. The second kappa shape index (κ2) is 7.30. The topological polar surface area (TPSA) is 93.4 Å². The number of ether oxygens (including phenoxy) is 1. The van der Waals surface area contributed by atoms with Gasteiger partial charge in [0, 0.05) is 24.8 Å². The van der Waals surface area contributed by atoms with Crippen molar-refractivity contribution in [2.75, 3.05) is 30.8 Å². The van der Waals surface area contributed by atoms with Crippen LogP contribution in [-0.2, 0) is 10.0 Å². The Kier molecular flexibility index (Phi) is 5.41. The van der Waals surface area contributed by atoms with Gasteiger partial charge < -0.3 is 15.4 Å². The smallest absolute Gasteiger partial charge is 0.238 e. The van der Waals surface area contributed by atoms with E-state index in [-0.39, 0.29) is 10.7 Å². The molecule has 0 aliphatic carbocycles. The van der Waals surface area contributed by atoms with Gasteiger partial charge in [-0.05, 0) is 36.4 Å². The van der Waals surface area contributed by atoms with E-state index in [1.165, 1.54) is 25.3 Å². The highest BCUT2D eigenvalue weighted by atomic mass is 32.2. The molecule has 2 rings (SSSR count). The molecule has 0 fully saturated rings. The van der Waals surface area contributed by atoms with E-state index in [0.29, 0.717) is 24.5 Å². The van der Waals surface area contributed by atoms with Gasteiger partial charge in [0.25, 0.3) is 0 Å². The highest BCUT2D eigenvalue weighted by Crippen LogP contribution is 2.20. The van der Waals surface area contributed by atoms with Gasteiger partial charge >= 0.3 is 0 Å². The molecule has 0 saturated heterocycles. The van der Waals surface area contributed by atoms with Crippen molar-refractivity contribution in [3.05, 3.63) is 48.3 Å². The molecule has 0 saturated carbocycles. The van der Waals surface area contributed by atoms with Gasteiger partial charge in [0.1, 0.15) is 11.6 Å². The fraction of sp³-hybridized carbons (Fsp3) is 0.200. The number of hydrogen-bond donors (Lipinski definition) is 3. The van der Waals surface area contributed by atoms with E-state index in [2.05, 4.69) is 10.6 Å². The van der Waals surface area contributed by atoms with E-state index in [4.69, 9.17) is 9.88 Å². The summed E-state index contributed by atoms with van der Waals surface area (Å²) in [5, 5.41) is 11.1. The lowest BCUT2D eigenvalue weighted by Crippen LogP contribution is -2.15. The first-order valence-electron chi connectivity index (χ1n) is 6.84. The fourth-order valence-electron chi connectivity index (χ4n) is 1.93. The van der Waals surface area contributed by atoms with Gasteiger partial charge in [0.15, 0.2) is 0 Å². The maximum Gasteiger partial charge on any atom is 0.238 e. The Hall–Kier alpha value is -2.32. The number of hydrogen-bond acceptors (Lipinski definition) is 5. The molecular formula is C15H18FN3O3S. The normalized spacial score (nSPS) is 11.1. The van der Waals surface area contributed by atoms with E-state index in [9.17, 15) is 12.8 Å². The van der Waals surface area contributed by atoms with Crippen LogP contribution in [0, 0.1) is 5.82 Å². The Morgan fingerprint density at radius 2 is 1.74 bits per heavy atom. The van der Waals surface area contributed by atoms with E-state index < -0.39 is 10.0 Å². The molecule has 0 heterocycles. The quantitative estimate of drug-likeness (QED) is 0.671. The van der Waals surface area contributed by atoms with Crippen molar-refractivity contribution in [2.24, 2.45) is 5.14 Å².